The van der Waals surface area contributed by atoms with Crippen molar-refractivity contribution in [1.82, 2.24) is 10.2 Å². The standard InChI is InChI=1S/C16H25N3O2/c1-21-14-7-5-13(6-8-14)11-18-12-15(17)16(20)19-9-3-2-4-10-19/h5-8,15,18H,2-4,9-12,17H2,1H3. The molecule has 0 aliphatic carbocycles. The van der Waals surface area contributed by atoms with E-state index in [-0.39, 0.29) is 5.91 Å². The summed E-state index contributed by atoms with van der Waals surface area (Å²) < 4.78 is 5.12. The van der Waals surface area contributed by atoms with Crippen molar-refractivity contribution in [3.63, 3.8) is 0 Å². The van der Waals surface area contributed by atoms with Gasteiger partial charge in [-0.1, -0.05) is 12.1 Å². The summed E-state index contributed by atoms with van der Waals surface area (Å²) in [6.45, 7) is 2.91. The Morgan fingerprint density at radius 3 is 2.57 bits per heavy atom. The predicted molar refractivity (Wildman–Crippen MR) is 83.1 cm³/mol. The number of hydrogen-bond donors (Lipinski definition) is 2. The number of likely N-dealkylation sites (tertiary alicyclic amines) is 1. The van der Waals surface area contributed by atoms with Crippen LogP contribution in [0.4, 0.5) is 0 Å². The van der Waals surface area contributed by atoms with E-state index in [1.807, 2.05) is 29.2 Å². The summed E-state index contributed by atoms with van der Waals surface area (Å²) in [5.74, 6) is 0.910. The lowest BCUT2D eigenvalue weighted by Crippen LogP contribution is -2.50. The molecule has 116 valence electrons. The molecule has 5 nitrogen and oxygen atoms in total. The first-order valence-electron chi connectivity index (χ1n) is 7.58. The Kier molecular flexibility index (Phi) is 6.02. The first-order valence-corrected chi connectivity index (χ1v) is 7.58. The van der Waals surface area contributed by atoms with Crippen LogP contribution in [-0.2, 0) is 11.3 Å². The molecule has 1 fully saturated rings. The number of nitrogens with one attached hydrogen (secondary N) is 1. The first kappa shape index (κ1) is 15.8. The number of rotatable bonds is 6. The summed E-state index contributed by atoms with van der Waals surface area (Å²) >= 11 is 0. The predicted octanol–water partition coefficient (Wildman–Crippen LogP) is 1.12. The molecular formula is C16H25N3O2. The van der Waals surface area contributed by atoms with Gasteiger partial charge < -0.3 is 20.7 Å². The van der Waals surface area contributed by atoms with Gasteiger partial charge in [0.25, 0.3) is 0 Å². The van der Waals surface area contributed by atoms with E-state index in [9.17, 15) is 4.79 Å². The van der Waals surface area contributed by atoms with Gasteiger partial charge >= 0.3 is 0 Å². The third-order valence-electron chi connectivity index (χ3n) is 3.84. The van der Waals surface area contributed by atoms with Crippen molar-refractivity contribution in [2.75, 3.05) is 26.7 Å². The maximum absolute atomic E-state index is 12.2. The number of hydrogen-bond acceptors (Lipinski definition) is 4. The number of ether oxygens (including phenoxy) is 1. The van der Waals surface area contributed by atoms with E-state index in [1.54, 1.807) is 7.11 Å². The normalized spacial score (nSPS) is 16.6. The molecule has 1 aliphatic rings. The van der Waals surface area contributed by atoms with Crippen LogP contribution in [0.2, 0.25) is 0 Å². The number of nitrogens with two attached hydrogens (primary N) is 1. The van der Waals surface area contributed by atoms with Crippen molar-refractivity contribution in [1.29, 1.82) is 0 Å². The molecule has 0 spiro atoms. The lowest BCUT2D eigenvalue weighted by molar-refractivity contribution is -0.133. The van der Waals surface area contributed by atoms with Crippen LogP contribution in [0.25, 0.3) is 0 Å². The Morgan fingerprint density at radius 2 is 1.95 bits per heavy atom. The Labute approximate surface area is 126 Å². The van der Waals surface area contributed by atoms with E-state index < -0.39 is 6.04 Å². The van der Waals surface area contributed by atoms with Gasteiger partial charge in [-0.05, 0) is 37.0 Å². The van der Waals surface area contributed by atoms with Crippen molar-refractivity contribution < 1.29 is 9.53 Å². The number of nitrogens with zero attached hydrogens (tertiary/aromatic N) is 1. The minimum Gasteiger partial charge on any atom is -0.497 e. The van der Waals surface area contributed by atoms with Crippen molar-refractivity contribution in [2.24, 2.45) is 5.73 Å². The minimum atomic E-state index is -0.457. The van der Waals surface area contributed by atoms with Gasteiger partial charge in [-0.3, -0.25) is 4.79 Å². The average molecular weight is 291 g/mol. The third-order valence-corrected chi connectivity index (χ3v) is 3.84. The summed E-state index contributed by atoms with van der Waals surface area (Å²) in [5.41, 5.74) is 7.13. The first-order chi connectivity index (χ1) is 10.2. The number of amides is 1. The molecule has 1 atom stereocenters. The van der Waals surface area contributed by atoms with E-state index in [4.69, 9.17) is 10.5 Å². The highest BCUT2D eigenvalue weighted by molar-refractivity contribution is 5.82. The van der Waals surface area contributed by atoms with Crippen LogP contribution in [-0.4, -0.2) is 43.6 Å². The lowest BCUT2D eigenvalue weighted by Gasteiger charge is -2.29. The summed E-state index contributed by atoms with van der Waals surface area (Å²) in [5, 5.41) is 3.25. The molecule has 1 saturated heterocycles. The summed E-state index contributed by atoms with van der Waals surface area (Å²) in [6, 6.07) is 7.40. The summed E-state index contributed by atoms with van der Waals surface area (Å²) in [4.78, 5) is 14.1. The Bertz CT molecular complexity index is 441. The number of carbonyl (C=O) groups excluding carboxylic acids is 1. The average Bonchev–Trinajstić information content (AvgIpc) is 2.55. The molecule has 1 heterocycles. The van der Waals surface area contributed by atoms with E-state index in [0.29, 0.717) is 13.1 Å². The highest BCUT2D eigenvalue weighted by Gasteiger charge is 2.21. The zero-order valence-corrected chi connectivity index (χ0v) is 12.7. The molecule has 1 aromatic carbocycles. The quantitative estimate of drug-likeness (QED) is 0.824. The van der Waals surface area contributed by atoms with Gasteiger partial charge in [-0.25, -0.2) is 0 Å². The van der Waals surface area contributed by atoms with Gasteiger partial charge in [0.2, 0.25) is 5.91 Å². The number of methoxy groups -OCH3 is 1. The maximum Gasteiger partial charge on any atom is 0.240 e. The number of benzene rings is 1. The van der Waals surface area contributed by atoms with Crippen LogP contribution >= 0.6 is 0 Å². The molecule has 0 radical (unpaired) electrons. The third kappa shape index (κ3) is 4.72. The van der Waals surface area contributed by atoms with Crippen LogP contribution in [0.1, 0.15) is 24.8 Å². The van der Waals surface area contributed by atoms with Gasteiger partial charge in [0.05, 0.1) is 13.2 Å². The van der Waals surface area contributed by atoms with Crippen LogP contribution in [0.5, 0.6) is 5.75 Å². The lowest BCUT2D eigenvalue weighted by atomic mass is 10.1. The van der Waals surface area contributed by atoms with Gasteiger partial charge in [0.15, 0.2) is 0 Å². The fraction of sp³-hybridized carbons (Fsp3) is 0.562. The molecule has 1 aliphatic heterocycles. The molecular weight excluding hydrogens is 266 g/mol. The zero-order valence-electron chi connectivity index (χ0n) is 12.7. The van der Waals surface area contributed by atoms with Crippen molar-refractivity contribution in [3.8, 4) is 5.75 Å². The second-order valence-corrected chi connectivity index (χ2v) is 5.47. The molecule has 21 heavy (non-hydrogen) atoms. The summed E-state index contributed by atoms with van der Waals surface area (Å²) in [6.07, 6.45) is 3.41. The van der Waals surface area contributed by atoms with Gasteiger partial charge in [-0.15, -0.1) is 0 Å². The van der Waals surface area contributed by atoms with Crippen LogP contribution in [0.3, 0.4) is 0 Å². The SMILES string of the molecule is COc1ccc(CNCC(N)C(=O)N2CCCCC2)cc1. The number of piperidine rings is 1. The van der Waals surface area contributed by atoms with Gasteiger partial charge in [0, 0.05) is 26.2 Å². The molecule has 2 rings (SSSR count). The Balaban J connectivity index is 1.72. The second kappa shape index (κ2) is 8.00. The minimum absolute atomic E-state index is 0.0666. The molecule has 0 aromatic heterocycles. The molecule has 0 saturated carbocycles. The highest BCUT2D eigenvalue weighted by Crippen LogP contribution is 2.11. The molecule has 1 unspecified atom stereocenters. The summed E-state index contributed by atoms with van der Waals surface area (Å²) in [7, 11) is 1.65. The monoisotopic (exact) mass is 291 g/mol. The molecule has 3 N–H and O–H groups in total. The maximum atomic E-state index is 12.2. The largest absolute Gasteiger partial charge is 0.497 e. The second-order valence-electron chi connectivity index (χ2n) is 5.47. The van der Waals surface area contributed by atoms with Crippen molar-refractivity contribution in [3.05, 3.63) is 29.8 Å². The van der Waals surface area contributed by atoms with Crippen LogP contribution < -0.4 is 15.8 Å². The van der Waals surface area contributed by atoms with E-state index in [0.717, 1.165) is 37.2 Å². The number of carbonyl (C=O) groups is 1. The van der Waals surface area contributed by atoms with E-state index in [2.05, 4.69) is 5.32 Å². The molecule has 5 heteroatoms. The van der Waals surface area contributed by atoms with Crippen molar-refractivity contribution in [2.45, 2.75) is 31.8 Å². The molecule has 1 amide bonds. The molecule has 0 bridgehead atoms. The topological polar surface area (TPSA) is 67.6 Å². The Hall–Kier alpha value is -1.59. The smallest absolute Gasteiger partial charge is 0.240 e. The van der Waals surface area contributed by atoms with Crippen molar-refractivity contribution >= 4 is 5.91 Å². The zero-order chi connectivity index (χ0) is 15.1. The molecule has 1 aromatic rings. The van der Waals surface area contributed by atoms with E-state index in [1.165, 1.54) is 6.42 Å². The highest BCUT2D eigenvalue weighted by atomic mass is 16.5. The van der Waals surface area contributed by atoms with E-state index >= 15 is 0 Å². The fourth-order valence-corrected chi connectivity index (χ4v) is 2.55. The fourth-order valence-electron chi connectivity index (χ4n) is 2.55. The van der Waals surface area contributed by atoms with Gasteiger partial charge in [0.1, 0.15) is 5.75 Å². The van der Waals surface area contributed by atoms with Crippen LogP contribution in [0, 0.1) is 0 Å². The van der Waals surface area contributed by atoms with Gasteiger partial charge in [-0.2, -0.15) is 0 Å². The van der Waals surface area contributed by atoms with Crippen LogP contribution in [0.15, 0.2) is 24.3 Å². The Morgan fingerprint density at radius 1 is 1.29 bits per heavy atom.